The van der Waals surface area contributed by atoms with E-state index in [0.717, 1.165) is 42.1 Å². The number of hydrogen-bond donors (Lipinski definition) is 0. The number of anilines is 1. The number of hydrogen-bond acceptors (Lipinski definition) is 4. The van der Waals surface area contributed by atoms with Gasteiger partial charge in [-0.3, -0.25) is 4.68 Å². The molecule has 4 rings (SSSR count). The third kappa shape index (κ3) is 2.44. The van der Waals surface area contributed by atoms with Gasteiger partial charge in [0.2, 0.25) is 0 Å². The van der Waals surface area contributed by atoms with E-state index in [1.165, 1.54) is 11.3 Å². The van der Waals surface area contributed by atoms with Crippen LogP contribution in [0.5, 0.6) is 0 Å². The van der Waals surface area contributed by atoms with Crippen molar-refractivity contribution in [2.45, 2.75) is 46.2 Å². The van der Waals surface area contributed by atoms with Crippen LogP contribution in [0.1, 0.15) is 37.7 Å². The van der Waals surface area contributed by atoms with Crippen molar-refractivity contribution in [1.82, 2.24) is 19.7 Å². The first kappa shape index (κ1) is 15.1. The van der Waals surface area contributed by atoms with Crippen molar-refractivity contribution in [3.63, 3.8) is 0 Å². The summed E-state index contributed by atoms with van der Waals surface area (Å²) in [5.74, 6) is 0.989. The van der Waals surface area contributed by atoms with E-state index in [2.05, 4.69) is 35.5 Å². The van der Waals surface area contributed by atoms with E-state index in [-0.39, 0.29) is 5.54 Å². The molecule has 1 aliphatic heterocycles. The van der Waals surface area contributed by atoms with E-state index in [1.807, 2.05) is 37.4 Å². The molecule has 0 spiro atoms. The molecule has 0 atom stereocenters. The van der Waals surface area contributed by atoms with Crippen LogP contribution in [0.25, 0.3) is 11.0 Å². The highest BCUT2D eigenvalue weighted by atomic mass is 15.3. The van der Waals surface area contributed by atoms with Gasteiger partial charge in [0.15, 0.2) is 5.82 Å². The van der Waals surface area contributed by atoms with Crippen molar-refractivity contribution < 1.29 is 0 Å². The Hall–Kier alpha value is -2.43. The molecule has 124 valence electrons. The van der Waals surface area contributed by atoms with Gasteiger partial charge in [-0.05, 0) is 39.8 Å². The zero-order valence-electron chi connectivity index (χ0n) is 14.7. The lowest BCUT2D eigenvalue weighted by Crippen LogP contribution is -2.34. The van der Waals surface area contributed by atoms with Gasteiger partial charge < -0.3 is 4.90 Å². The van der Waals surface area contributed by atoms with E-state index < -0.39 is 0 Å². The fourth-order valence-electron chi connectivity index (χ4n) is 3.47. The van der Waals surface area contributed by atoms with Crippen LogP contribution in [0.15, 0.2) is 30.5 Å². The molecule has 24 heavy (non-hydrogen) atoms. The van der Waals surface area contributed by atoms with E-state index in [9.17, 15) is 0 Å². The molecule has 0 saturated heterocycles. The summed E-state index contributed by atoms with van der Waals surface area (Å²) in [4.78, 5) is 11.9. The van der Waals surface area contributed by atoms with Crippen molar-refractivity contribution >= 4 is 16.9 Å². The standard InChI is InChI=1S/C19H23N5/c1-13-18(22-16-8-6-5-7-15(16)21-13)23-10-9-17-14(12-23)11-20-24(17)19(2,3)4/h5-8,11H,9-10,12H2,1-4H3. The fraction of sp³-hybridized carbons (Fsp3) is 0.421. The van der Waals surface area contributed by atoms with Crippen molar-refractivity contribution in [2.75, 3.05) is 11.4 Å². The van der Waals surface area contributed by atoms with Crippen LogP contribution >= 0.6 is 0 Å². The predicted molar refractivity (Wildman–Crippen MR) is 96.3 cm³/mol. The minimum Gasteiger partial charge on any atom is -0.350 e. The Labute approximate surface area is 142 Å². The van der Waals surface area contributed by atoms with Crippen molar-refractivity contribution in [1.29, 1.82) is 0 Å². The largest absolute Gasteiger partial charge is 0.350 e. The molecule has 0 bridgehead atoms. The lowest BCUT2D eigenvalue weighted by molar-refractivity contribution is 0.341. The van der Waals surface area contributed by atoms with Gasteiger partial charge in [0, 0.05) is 30.8 Å². The lowest BCUT2D eigenvalue weighted by atomic mass is 10.0. The SMILES string of the molecule is Cc1nc2ccccc2nc1N1CCc2c(cnn2C(C)(C)C)C1. The van der Waals surface area contributed by atoms with Crippen LogP contribution in [0.2, 0.25) is 0 Å². The summed E-state index contributed by atoms with van der Waals surface area (Å²) in [6.45, 7) is 10.4. The summed E-state index contributed by atoms with van der Waals surface area (Å²) in [5.41, 5.74) is 5.57. The quantitative estimate of drug-likeness (QED) is 0.689. The summed E-state index contributed by atoms with van der Waals surface area (Å²) in [6, 6.07) is 8.06. The molecule has 0 saturated carbocycles. The van der Waals surface area contributed by atoms with Crippen molar-refractivity contribution in [2.24, 2.45) is 0 Å². The Morgan fingerprint density at radius 1 is 1.04 bits per heavy atom. The maximum absolute atomic E-state index is 4.86. The molecule has 0 aliphatic carbocycles. The number of fused-ring (bicyclic) bond motifs is 2. The van der Waals surface area contributed by atoms with Gasteiger partial charge in [0.25, 0.3) is 0 Å². The summed E-state index contributed by atoms with van der Waals surface area (Å²) in [6.07, 6.45) is 3.00. The van der Waals surface area contributed by atoms with Crippen LogP contribution in [-0.2, 0) is 18.5 Å². The molecule has 0 N–H and O–H groups in total. The fourth-order valence-corrected chi connectivity index (χ4v) is 3.47. The summed E-state index contributed by atoms with van der Waals surface area (Å²) < 4.78 is 2.17. The van der Waals surface area contributed by atoms with Gasteiger partial charge in [-0.1, -0.05) is 12.1 Å². The Morgan fingerprint density at radius 3 is 2.46 bits per heavy atom. The molecule has 1 aliphatic rings. The Kier molecular flexibility index (Phi) is 3.34. The third-order valence-corrected chi connectivity index (χ3v) is 4.59. The van der Waals surface area contributed by atoms with Crippen molar-refractivity contribution in [3.05, 3.63) is 47.4 Å². The topological polar surface area (TPSA) is 46.8 Å². The minimum absolute atomic E-state index is 0.0222. The summed E-state index contributed by atoms with van der Waals surface area (Å²) >= 11 is 0. The van der Waals surface area contributed by atoms with Gasteiger partial charge in [0.1, 0.15) is 0 Å². The van der Waals surface area contributed by atoms with Gasteiger partial charge in [-0.15, -0.1) is 0 Å². The number of para-hydroxylation sites is 2. The van der Waals surface area contributed by atoms with Crippen LogP contribution in [0.4, 0.5) is 5.82 Å². The Bertz CT molecular complexity index is 904. The van der Waals surface area contributed by atoms with Gasteiger partial charge >= 0.3 is 0 Å². The predicted octanol–water partition coefficient (Wildman–Crippen LogP) is 3.45. The molecule has 2 aromatic heterocycles. The molecule has 0 radical (unpaired) electrons. The zero-order chi connectivity index (χ0) is 16.9. The number of rotatable bonds is 1. The molecule has 3 heterocycles. The zero-order valence-corrected chi connectivity index (χ0v) is 14.7. The molecule has 0 fully saturated rings. The first-order valence-corrected chi connectivity index (χ1v) is 8.48. The van der Waals surface area contributed by atoms with Gasteiger partial charge in [-0.2, -0.15) is 5.10 Å². The number of benzene rings is 1. The third-order valence-electron chi connectivity index (χ3n) is 4.59. The van der Waals surface area contributed by atoms with Crippen LogP contribution < -0.4 is 4.90 Å². The molecule has 0 unspecified atom stereocenters. The van der Waals surface area contributed by atoms with Crippen molar-refractivity contribution in [3.8, 4) is 0 Å². The van der Waals surface area contributed by atoms with E-state index in [0.29, 0.717) is 0 Å². The maximum atomic E-state index is 4.86. The number of aryl methyl sites for hydroxylation is 1. The molecule has 3 aromatic rings. The summed E-state index contributed by atoms with van der Waals surface area (Å²) in [7, 11) is 0. The second kappa shape index (κ2) is 5.30. The molecular formula is C19H23N5. The second-order valence-electron chi connectivity index (χ2n) is 7.49. The number of nitrogens with zero attached hydrogens (tertiary/aromatic N) is 5. The molecular weight excluding hydrogens is 298 g/mol. The smallest absolute Gasteiger partial charge is 0.151 e. The van der Waals surface area contributed by atoms with E-state index in [1.54, 1.807) is 0 Å². The molecule has 5 nitrogen and oxygen atoms in total. The average Bonchev–Trinajstić information content (AvgIpc) is 2.97. The Morgan fingerprint density at radius 2 is 1.75 bits per heavy atom. The highest BCUT2D eigenvalue weighted by Gasteiger charge is 2.26. The van der Waals surface area contributed by atoms with Crippen LogP contribution in [0, 0.1) is 6.92 Å². The highest BCUT2D eigenvalue weighted by Crippen LogP contribution is 2.28. The van der Waals surface area contributed by atoms with Gasteiger partial charge in [-0.25, -0.2) is 9.97 Å². The molecule has 5 heteroatoms. The normalized spacial score (nSPS) is 14.9. The monoisotopic (exact) mass is 321 g/mol. The first-order valence-electron chi connectivity index (χ1n) is 8.48. The van der Waals surface area contributed by atoms with Crippen LogP contribution in [-0.4, -0.2) is 26.3 Å². The lowest BCUT2D eigenvalue weighted by Gasteiger charge is -2.31. The van der Waals surface area contributed by atoms with Gasteiger partial charge in [0.05, 0.1) is 28.5 Å². The number of aromatic nitrogens is 4. The average molecular weight is 321 g/mol. The molecule has 1 aromatic carbocycles. The first-order chi connectivity index (χ1) is 11.4. The molecule has 0 amide bonds. The van der Waals surface area contributed by atoms with E-state index >= 15 is 0 Å². The second-order valence-corrected chi connectivity index (χ2v) is 7.49. The van der Waals surface area contributed by atoms with E-state index in [4.69, 9.17) is 9.97 Å². The maximum Gasteiger partial charge on any atom is 0.151 e. The summed E-state index contributed by atoms with van der Waals surface area (Å²) in [5, 5.41) is 4.62. The Balaban J connectivity index is 1.70. The minimum atomic E-state index is 0.0222. The highest BCUT2D eigenvalue weighted by molar-refractivity contribution is 5.76. The van der Waals surface area contributed by atoms with Crippen LogP contribution in [0.3, 0.4) is 0 Å².